The van der Waals surface area contributed by atoms with E-state index in [0.29, 0.717) is 35.4 Å². The maximum absolute atomic E-state index is 11.7. The van der Waals surface area contributed by atoms with E-state index >= 15 is 0 Å². The number of hydrogen-bond donors (Lipinski definition) is 1. The van der Waals surface area contributed by atoms with Crippen molar-refractivity contribution in [2.45, 2.75) is 13.0 Å². The third-order valence-corrected chi connectivity index (χ3v) is 3.32. The fourth-order valence-electron chi connectivity index (χ4n) is 1.72. The van der Waals surface area contributed by atoms with Gasteiger partial charge in [-0.05, 0) is 29.5 Å². The fraction of sp³-hybridized carbons (Fsp3) is 0.308. The Morgan fingerprint density at radius 1 is 1.42 bits per heavy atom. The van der Waals surface area contributed by atoms with Gasteiger partial charge in [0.25, 0.3) is 0 Å². The molecule has 2 rings (SSSR count). The zero-order valence-corrected chi connectivity index (χ0v) is 13.8. The Hall–Kier alpha value is -2.39. The van der Waals surface area contributed by atoms with Gasteiger partial charge in [-0.1, -0.05) is 28.2 Å². The lowest BCUT2D eigenvalue weighted by molar-refractivity contribution is -0.394. The molecule has 0 bridgehead atoms. The van der Waals surface area contributed by atoms with Gasteiger partial charge in [-0.3, -0.25) is 4.79 Å². The lowest BCUT2D eigenvalue weighted by Crippen LogP contribution is -2.29. The first kappa shape index (κ1) is 18.0. The number of rotatable bonds is 8. The molecule has 0 aliphatic heterocycles. The Balaban J connectivity index is 1.66. The molecular formula is C13H13Cl2N5O4. The summed E-state index contributed by atoms with van der Waals surface area (Å²) in [6.07, 6.45) is 1.69. The molecule has 0 saturated heterocycles. The zero-order valence-electron chi connectivity index (χ0n) is 12.3. The summed E-state index contributed by atoms with van der Waals surface area (Å²) in [5.41, 5.74) is 0. The van der Waals surface area contributed by atoms with Gasteiger partial charge in [0, 0.05) is 16.7 Å². The molecule has 1 N–H and O–H groups in total. The van der Waals surface area contributed by atoms with Gasteiger partial charge in [0.1, 0.15) is 12.3 Å². The Morgan fingerprint density at radius 2 is 2.21 bits per heavy atom. The van der Waals surface area contributed by atoms with E-state index in [0.717, 1.165) is 11.0 Å². The lowest BCUT2D eigenvalue weighted by atomic mass is 10.3. The first-order valence-electron chi connectivity index (χ1n) is 6.84. The van der Waals surface area contributed by atoms with E-state index in [1.54, 1.807) is 18.2 Å². The molecule has 11 heteroatoms. The minimum atomic E-state index is -0.729. The van der Waals surface area contributed by atoms with Crippen LogP contribution in [0, 0.1) is 10.1 Å². The number of nitrogens with one attached hydrogen (secondary N) is 1. The molecule has 1 amide bonds. The number of carbonyl (C=O) groups excluding carboxylic acids is 1. The maximum Gasteiger partial charge on any atom is 0.490 e. The number of halogens is 2. The predicted octanol–water partition coefficient (Wildman–Crippen LogP) is 2.08. The second-order valence-corrected chi connectivity index (χ2v) is 5.47. The van der Waals surface area contributed by atoms with E-state index in [9.17, 15) is 14.9 Å². The number of hydrogen-bond acceptors (Lipinski definition) is 6. The number of nitro groups is 1. The van der Waals surface area contributed by atoms with Gasteiger partial charge in [-0.15, -0.1) is 0 Å². The van der Waals surface area contributed by atoms with Crippen molar-refractivity contribution in [3.63, 3.8) is 0 Å². The van der Waals surface area contributed by atoms with Crippen LogP contribution < -0.4 is 10.1 Å². The summed E-state index contributed by atoms with van der Waals surface area (Å²) < 4.78 is 6.57. The van der Waals surface area contributed by atoms with Gasteiger partial charge < -0.3 is 20.2 Å². The number of nitrogens with zero attached hydrogens (tertiary/aromatic N) is 4. The Morgan fingerprint density at radius 3 is 2.88 bits per heavy atom. The van der Waals surface area contributed by atoms with E-state index in [4.69, 9.17) is 27.9 Å². The summed E-state index contributed by atoms with van der Waals surface area (Å²) in [6.45, 7) is 0.585. The largest absolute Gasteiger partial charge is 0.492 e. The minimum Gasteiger partial charge on any atom is -0.492 e. The number of carbonyl (C=O) groups is 1. The number of ether oxygens (including phenoxy) is 1. The summed E-state index contributed by atoms with van der Waals surface area (Å²) in [5, 5.41) is 17.6. The predicted molar refractivity (Wildman–Crippen MR) is 86.3 cm³/mol. The molecule has 1 aromatic heterocycles. The third kappa shape index (κ3) is 5.36. The molecule has 0 saturated carbocycles. The highest BCUT2D eigenvalue weighted by Crippen LogP contribution is 2.27. The molecule has 0 atom stereocenters. The fourth-order valence-corrected chi connectivity index (χ4v) is 2.19. The smallest absolute Gasteiger partial charge is 0.490 e. The van der Waals surface area contributed by atoms with Crippen LogP contribution in [-0.2, 0) is 11.3 Å². The molecule has 0 radical (unpaired) electrons. The van der Waals surface area contributed by atoms with E-state index in [-0.39, 0.29) is 12.5 Å². The number of amides is 1. The molecule has 128 valence electrons. The molecule has 1 heterocycles. The first-order chi connectivity index (χ1) is 11.5. The minimum absolute atomic E-state index is 0.148. The Kier molecular flexibility index (Phi) is 6.33. The van der Waals surface area contributed by atoms with Crippen LogP contribution in [0.25, 0.3) is 0 Å². The van der Waals surface area contributed by atoms with Crippen LogP contribution in [0.3, 0.4) is 0 Å². The van der Waals surface area contributed by atoms with E-state index in [2.05, 4.69) is 15.4 Å². The molecule has 0 aliphatic rings. The second kappa shape index (κ2) is 8.46. The van der Waals surface area contributed by atoms with Crippen LogP contribution in [0.15, 0.2) is 24.5 Å². The van der Waals surface area contributed by atoms with Crippen molar-refractivity contribution in [1.82, 2.24) is 20.1 Å². The number of benzene rings is 1. The van der Waals surface area contributed by atoms with Crippen molar-refractivity contribution in [3.05, 3.63) is 44.7 Å². The summed E-state index contributed by atoms with van der Waals surface area (Å²) in [4.78, 5) is 24.8. The van der Waals surface area contributed by atoms with Crippen LogP contribution in [-0.4, -0.2) is 38.7 Å². The van der Waals surface area contributed by atoms with Crippen molar-refractivity contribution in [2.24, 2.45) is 0 Å². The van der Waals surface area contributed by atoms with Gasteiger partial charge in [-0.2, -0.15) is 4.68 Å². The van der Waals surface area contributed by atoms with Crippen LogP contribution in [0.4, 0.5) is 5.95 Å². The van der Waals surface area contributed by atoms with E-state index in [1.807, 2.05) is 0 Å². The topological polar surface area (TPSA) is 112 Å². The van der Waals surface area contributed by atoms with Gasteiger partial charge in [-0.25, -0.2) is 0 Å². The van der Waals surface area contributed by atoms with Crippen molar-refractivity contribution in [1.29, 1.82) is 0 Å². The molecule has 0 spiro atoms. The molecule has 9 nitrogen and oxygen atoms in total. The molecule has 0 fully saturated rings. The average molecular weight is 374 g/mol. The van der Waals surface area contributed by atoms with Crippen LogP contribution in [0.1, 0.15) is 6.42 Å². The first-order valence-corrected chi connectivity index (χ1v) is 7.59. The van der Waals surface area contributed by atoms with Gasteiger partial charge in [0.15, 0.2) is 0 Å². The van der Waals surface area contributed by atoms with Crippen LogP contribution in [0.5, 0.6) is 5.75 Å². The zero-order chi connectivity index (χ0) is 17.5. The normalized spacial score (nSPS) is 10.4. The summed E-state index contributed by atoms with van der Waals surface area (Å²) in [6, 6.07) is 4.92. The standard InChI is InChI=1S/C13H13Cl2N5O4/c14-9-2-3-11(10(15)6-9)24-5-1-4-16-12(21)7-19-8-17-13(18-19)20(22)23/h2-3,6,8H,1,4-5,7H2,(H,16,21). The van der Waals surface area contributed by atoms with Crippen molar-refractivity contribution >= 4 is 35.1 Å². The molecular weight excluding hydrogens is 361 g/mol. The van der Waals surface area contributed by atoms with Crippen molar-refractivity contribution < 1.29 is 14.5 Å². The molecule has 0 unspecified atom stereocenters. The molecule has 1 aromatic carbocycles. The highest BCUT2D eigenvalue weighted by Gasteiger charge is 2.14. The lowest BCUT2D eigenvalue weighted by Gasteiger charge is -2.08. The quantitative estimate of drug-likeness (QED) is 0.430. The van der Waals surface area contributed by atoms with E-state index < -0.39 is 10.9 Å². The van der Waals surface area contributed by atoms with Gasteiger partial charge >= 0.3 is 5.95 Å². The molecule has 24 heavy (non-hydrogen) atoms. The van der Waals surface area contributed by atoms with Crippen LogP contribution >= 0.6 is 23.2 Å². The Labute approximate surface area is 146 Å². The average Bonchev–Trinajstić information content (AvgIpc) is 2.97. The van der Waals surface area contributed by atoms with Gasteiger partial charge in [0.05, 0.1) is 11.6 Å². The van der Waals surface area contributed by atoms with E-state index in [1.165, 1.54) is 0 Å². The monoisotopic (exact) mass is 373 g/mol. The van der Waals surface area contributed by atoms with Crippen LogP contribution in [0.2, 0.25) is 10.0 Å². The molecule has 2 aromatic rings. The highest BCUT2D eigenvalue weighted by molar-refractivity contribution is 6.35. The van der Waals surface area contributed by atoms with Crippen molar-refractivity contribution in [3.8, 4) is 5.75 Å². The third-order valence-electron chi connectivity index (χ3n) is 2.79. The second-order valence-electron chi connectivity index (χ2n) is 4.63. The molecule has 0 aliphatic carbocycles. The summed E-state index contributed by atoms with van der Waals surface area (Å²) in [7, 11) is 0. The highest BCUT2D eigenvalue weighted by atomic mass is 35.5. The van der Waals surface area contributed by atoms with Crippen molar-refractivity contribution in [2.75, 3.05) is 13.2 Å². The number of aromatic nitrogens is 3. The SMILES string of the molecule is O=C(Cn1cnc([N+](=O)[O-])n1)NCCCOc1ccc(Cl)cc1Cl. The summed E-state index contributed by atoms with van der Waals surface area (Å²) >= 11 is 11.7. The summed E-state index contributed by atoms with van der Waals surface area (Å²) in [5.74, 6) is -0.363. The van der Waals surface area contributed by atoms with Gasteiger partial charge in [0.2, 0.25) is 12.2 Å². The maximum atomic E-state index is 11.7. The Bertz CT molecular complexity index is 737.